The number of nitrogens with one attached hydrogen (secondary N) is 1. The van der Waals surface area contributed by atoms with Gasteiger partial charge >= 0.3 is 0 Å². The van der Waals surface area contributed by atoms with Gasteiger partial charge in [-0.05, 0) is 49.1 Å². The predicted octanol–water partition coefficient (Wildman–Crippen LogP) is 3.10. The van der Waals surface area contributed by atoms with Crippen molar-refractivity contribution in [3.63, 3.8) is 0 Å². The lowest BCUT2D eigenvalue weighted by Crippen LogP contribution is -2.26. The molecular weight excluding hydrogens is 350 g/mol. The lowest BCUT2D eigenvalue weighted by Gasteiger charge is -2.19. The first-order valence-electron chi connectivity index (χ1n) is 9.31. The van der Waals surface area contributed by atoms with Gasteiger partial charge in [0.05, 0.1) is 0 Å². The van der Waals surface area contributed by atoms with Gasteiger partial charge in [0, 0.05) is 38.6 Å². The molecule has 0 aliphatic carbocycles. The smallest absolute Gasteiger partial charge is 0.270 e. The maximum Gasteiger partial charge on any atom is 0.270 e. The van der Waals surface area contributed by atoms with Crippen LogP contribution in [0.15, 0.2) is 54.9 Å². The minimum Gasteiger partial charge on any atom is -0.359 e. The molecule has 0 bridgehead atoms. The van der Waals surface area contributed by atoms with Gasteiger partial charge in [-0.15, -0.1) is 0 Å². The Morgan fingerprint density at radius 3 is 2.57 bits per heavy atom. The minimum atomic E-state index is -0.197. The van der Waals surface area contributed by atoms with E-state index in [0.717, 1.165) is 29.9 Å². The first-order valence-corrected chi connectivity index (χ1v) is 9.31. The average Bonchev–Trinajstić information content (AvgIpc) is 2.71. The molecule has 0 aliphatic heterocycles. The van der Waals surface area contributed by atoms with Crippen LogP contribution in [0.3, 0.4) is 0 Å². The largest absolute Gasteiger partial charge is 0.359 e. The van der Waals surface area contributed by atoms with Crippen LogP contribution in [0, 0.1) is 13.8 Å². The maximum absolute atomic E-state index is 12.6. The lowest BCUT2D eigenvalue weighted by atomic mass is 10.1. The molecule has 3 aromatic rings. The summed E-state index contributed by atoms with van der Waals surface area (Å²) in [5.74, 6) is 1.12. The van der Waals surface area contributed by atoms with Gasteiger partial charge in [-0.1, -0.05) is 24.3 Å². The number of rotatable bonds is 7. The predicted molar refractivity (Wildman–Crippen MR) is 110 cm³/mol. The molecule has 1 N–H and O–H groups in total. The van der Waals surface area contributed by atoms with Crippen molar-refractivity contribution >= 4 is 11.7 Å². The van der Waals surface area contributed by atoms with Gasteiger partial charge in [-0.2, -0.15) is 0 Å². The van der Waals surface area contributed by atoms with Gasteiger partial charge in [0.25, 0.3) is 5.91 Å². The highest BCUT2D eigenvalue weighted by Crippen LogP contribution is 2.13. The second-order valence-corrected chi connectivity index (χ2v) is 6.79. The molecule has 0 saturated carbocycles. The number of nitrogens with zero attached hydrogens (tertiary/aromatic N) is 4. The fraction of sp³-hybridized carbons (Fsp3) is 0.273. The van der Waals surface area contributed by atoms with E-state index in [1.54, 1.807) is 25.4 Å². The number of carbonyl (C=O) groups is 1. The Morgan fingerprint density at radius 1 is 1.07 bits per heavy atom. The van der Waals surface area contributed by atoms with Gasteiger partial charge in [-0.3, -0.25) is 9.78 Å². The summed E-state index contributed by atoms with van der Waals surface area (Å²) in [5.41, 5.74) is 3.84. The molecule has 0 fully saturated rings. The maximum atomic E-state index is 12.6. The number of likely N-dealkylation sites (N-methyl/N-ethyl adjacent to an activating group) is 1. The number of pyridine rings is 1. The Kier molecular flexibility index (Phi) is 6.32. The molecule has 2 heterocycles. The van der Waals surface area contributed by atoms with Crippen molar-refractivity contribution in [1.29, 1.82) is 0 Å². The number of carbonyl (C=O) groups excluding carboxylic acids is 1. The Hall–Kier alpha value is -3.28. The molecule has 2 aromatic heterocycles. The van der Waals surface area contributed by atoms with E-state index in [1.165, 1.54) is 5.56 Å². The highest BCUT2D eigenvalue weighted by Gasteiger charge is 2.13. The van der Waals surface area contributed by atoms with Gasteiger partial charge in [0.1, 0.15) is 17.3 Å². The van der Waals surface area contributed by atoms with E-state index in [0.29, 0.717) is 18.1 Å². The van der Waals surface area contributed by atoms with Gasteiger partial charge in [-0.25, -0.2) is 9.97 Å². The van der Waals surface area contributed by atoms with Crippen LogP contribution in [0.1, 0.15) is 33.0 Å². The zero-order chi connectivity index (χ0) is 19.9. The SMILES string of the molecule is Cc1nc(C(=O)NCc2ccccc2C)cc(N(C)CCc2ccncc2)n1. The monoisotopic (exact) mass is 375 g/mol. The molecule has 0 radical (unpaired) electrons. The number of aromatic nitrogens is 3. The van der Waals surface area contributed by atoms with Gasteiger partial charge in [0.2, 0.25) is 0 Å². The zero-order valence-corrected chi connectivity index (χ0v) is 16.5. The Labute approximate surface area is 165 Å². The number of anilines is 1. The molecule has 144 valence electrons. The molecule has 0 spiro atoms. The van der Waals surface area contributed by atoms with Crippen molar-refractivity contribution in [3.8, 4) is 0 Å². The van der Waals surface area contributed by atoms with Crippen LogP contribution in [0.2, 0.25) is 0 Å². The molecule has 0 unspecified atom stereocenters. The van der Waals surface area contributed by atoms with Crippen LogP contribution in [0.25, 0.3) is 0 Å². The van der Waals surface area contributed by atoms with Crippen molar-refractivity contribution < 1.29 is 4.79 Å². The summed E-state index contributed by atoms with van der Waals surface area (Å²) in [5, 5.41) is 2.95. The number of aryl methyl sites for hydroxylation is 2. The number of hydrogen-bond acceptors (Lipinski definition) is 5. The van der Waals surface area contributed by atoms with Gasteiger partial charge in [0.15, 0.2) is 0 Å². The zero-order valence-electron chi connectivity index (χ0n) is 16.5. The van der Waals surface area contributed by atoms with Crippen LogP contribution in [0.4, 0.5) is 5.82 Å². The van der Waals surface area contributed by atoms with Crippen LogP contribution in [-0.4, -0.2) is 34.5 Å². The van der Waals surface area contributed by atoms with E-state index in [1.807, 2.05) is 55.3 Å². The molecule has 3 rings (SSSR count). The molecular formula is C22H25N5O. The highest BCUT2D eigenvalue weighted by atomic mass is 16.1. The van der Waals surface area contributed by atoms with Crippen LogP contribution in [0.5, 0.6) is 0 Å². The number of amides is 1. The van der Waals surface area contributed by atoms with E-state index in [4.69, 9.17) is 0 Å². The van der Waals surface area contributed by atoms with E-state index in [-0.39, 0.29) is 5.91 Å². The first-order chi connectivity index (χ1) is 13.5. The first kappa shape index (κ1) is 19.5. The molecule has 6 heteroatoms. The third kappa shape index (κ3) is 5.13. The summed E-state index contributed by atoms with van der Waals surface area (Å²) in [6.07, 6.45) is 4.46. The third-order valence-electron chi connectivity index (χ3n) is 4.63. The minimum absolute atomic E-state index is 0.197. The molecule has 0 saturated heterocycles. The molecule has 28 heavy (non-hydrogen) atoms. The van der Waals surface area contributed by atoms with E-state index >= 15 is 0 Å². The van der Waals surface area contributed by atoms with Crippen LogP contribution >= 0.6 is 0 Å². The van der Waals surface area contributed by atoms with Crippen molar-refractivity contribution in [1.82, 2.24) is 20.3 Å². The standard InChI is InChI=1S/C22H25N5O/c1-16-6-4-5-7-19(16)15-24-22(28)20-14-21(26-17(2)25-20)27(3)13-10-18-8-11-23-12-9-18/h4-9,11-12,14H,10,13,15H2,1-3H3,(H,24,28). The highest BCUT2D eigenvalue weighted by molar-refractivity contribution is 5.92. The second-order valence-electron chi connectivity index (χ2n) is 6.79. The molecule has 0 aliphatic rings. The van der Waals surface area contributed by atoms with Crippen molar-refractivity contribution in [2.75, 3.05) is 18.5 Å². The summed E-state index contributed by atoms with van der Waals surface area (Å²) < 4.78 is 0. The summed E-state index contributed by atoms with van der Waals surface area (Å²) in [7, 11) is 1.97. The van der Waals surface area contributed by atoms with Crippen LogP contribution < -0.4 is 10.2 Å². The molecule has 1 amide bonds. The van der Waals surface area contributed by atoms with Crippen LogP contribution in [-0.2, 0) is 13.0 Å². The fourth-order valence-corrected chi connectivity index (χ4v) is 2.90. The summed E-state index contributed by atoms with van der Waals surface area (Å²) >= 11 is 0. The van der Waals surface area contributed by atoms with Crippen molar-refractivity contribution in [2.24, 2.45) is 0 Å². The normalized spacial score (nSPS) is 10.5. The summed E-state index contributed by atoms with van der Waals surface area (Å²) in [6, 6.07) is 13.8. The summed E-state index contributed by atoms with van der Waals surface area (Å²) in [6.45, 7) is 5.09. The second kappa shape index (κ2) is 9.08. The Bertz CT molecular complexity index is 943. The Balaban J connectivity index is 1.66. The Morgan fingerprint density at radius 2 is 1.82 bits per heavy atom. The van der Waals surface area contributed by atoms with E-state index in [2.05, 4.69) is 20.3 Å². The van der Waals surface area contributed by atoms with Gasteiger partial charge < -0.3 is 10.2 Å². The average molecular weight is 375 g/mol. The third-order valence-corrected chi connectivity index (χ3v) is 4.63. The molecule has 6 nitrogen and oxygen atoms in total. The fourth-order valence-electron chi connectivity index (χ4n) is 2.90. The van der Waals surface area contributed by atoms with Crippen molar-refractivity contribution in [3.05, 3.63) is 83.1 Å². The molecule has 0 atom stereocenters. The van der Waals surface area contributed by atoms with Crippen molar-refractivity contribution in [2.45, 2.75) is 26.8 Å². The summed E-state index contributed by atoms with van der Waals surface area (Å²) in [4.78, 5) is 27.5. The quantitative estimate of drug-likeness (QED) is 0.687. The molecule has 1 aromatic carbocycles. The number of hydrogen-bond donors (Lipinski definition) is 1. The van der Waals surface area contributed by atoms with E-state index < -0.39 is 0 Å². The van der Waals surface area contributed by atoms with E-state index in [9.17, 15) is 4.79 Å². The topological polar surface area (TPSA) is 71.0 Å². The number of benzene rings is 1. The lowest BCUT2D eigenvalue weighted by molar-refractivity contribution is 0.0945.